The van der Waals surface area contributed by atoms with E-state index in [1.54, 1.807) is 0 Å². The predicted molar refractivity (Wildman–Crippen MR) is 68.7 cm³/mol. The molecule has 0 bridgehead atoms. The number of carbonyl (C=O) groups is 1. The summed E-state index contributed by atoms with van der Waals surface area (Å²) in [6.07, 6.45) is 3.29. The van der Waals surface area contributed by atoms with Crippen LogP contribution in [0.4, 0.5) is 0 Å². The van der Waals surface area contributed by atoms with Gasteiger partial charge in [0.1, 0.15) is 0 Å². The monoisotopic (exact) mass is 232 g/mol. The highest BCUT2D eigenvalue weighted by atomic mass is 16.2. The van der Waals surface area contributed by atoms with Crippen LogP contribution < -0.4 is 5.73 Å². The van der Waals surface area contributed by atoms with Crippen molar-refractivity contribution in [2.24, 2.45) is 5.73 Å². The highest BCUT2D eigenvalue weighted by Crippen LogP contribution is 2.22. The van der Waals surface area contributed by atoms with E-state index in [2.05, 4.69) is 6.92 Å². The average Bonchev–Trinajstić information content (AvgIpc) is 2.64. The maximum Gasteiger partial charge on any atom is 0.254 e. The first-order chi connectivity index (χ1) is 8.22. The van der Waals surface area contributed by atoms with Crippen molar-refractivity contribution in [1.82, 2.24) is 4.90 Å². The van der Waals surface area contributed by atoms with Crippen LogP contribution in [0.1, 0.15) is 42.1 Å². The summed E-state index contributed by atoms with van der Waals surface area (Å²) in [4.78, 5) is 13.9. The Bertz CT molecular complexity index is 403. The second kappa shape index (κ2) is 5.32. The lowest BCUT2D eigenvalue weighted by atomic mass is 10.1. The Morgan fingerprint density at radius 3 is 2.88 bits per heavy atom. The normalized spacial score (nSPS) is 16.1. The SMILES string of the molecule is CCCC[C@@H](N)CN1Cc2ccccc2C1=O. The molecule has 0 radical (unpaired) electrons. The molecule has 1 aliphatic rings. The Balaban J connectivity index is 1.96. The van der Waals surface area contributed by atoms with Gasteiger partial charge < -0.3 is 10.6 Å². The van der Waals surface area contributed by atoms with E-state index in [1.165, 1.54) is 0 Å². The number of nitrogens with two attached hydrogens (primary N) is 1. The van der Waals surface area contributed by atoms with E-state index >= 15 is 0 Å². The number of amides is 1. The summed E-state index contributed by atoms with van der Waals surface area (Å²) in [5.41, 5.74) is 8.01. The zero-order chi connectivity index (χ0) is 12.3. The number of hydrogen-bond acceptors (Lipinski definition) is 2. The van der Waals surface area contributed by atoms with Crippen molar-refractivity contribution in [1.29, 1.82) is 0 Å². The van der Waals surface area contributed by atoms with E-state index in [9.17, 15) is 4.79 Å². The van der Waals surface area contributed by atoms with Gasteiger partial charge in [-0.25, -0.2) is 0 Å². The van der Waals surface area contributed by atoms with Crippen LogP contribution in [0.3, 0.4) is 0 Å². The number of fused-ring (bicyclic) bond motifs is 1. The molecule has 17 heavy (non-hydrogen) atoms. The fourth-order valence-corrected chi connectivity index (χ4v) is 2.30. The molecular weight excluding hydrogens is 212 g/mol. The summed E-state index contributed by atoms with van der Waals surface area (Å²) < 4.78 is 0. The molecule has 1 aromatic rings. The second-order valence-electron chi connectivity index (χ2n) is 4.75. The van der Waals surface area contributed by atoms with Gasteiger partial charge >= 0.3 is 0 Å². The molecule has 92 valence electrons. The lowest BCUT2D eigenvalue weighted by Crippen LogP contribution is -2.37. The third kappa shape index (κ3) is 2.67. The third-order valence-electron chi connectivity index (χ3n) is 3.28. The Morgan fingerprint density at radius 2 is 2.18 bits per heavy atom. The zero-order valence-electron chi connectivity index (χ0n) is 10.4. The highest BCUT2D eigenvalue weighted by molar-refractivity contribution is 5.98. The van der Waals surface area contributed by atoms with Crippen molar-refractivity contribution >= 4 is 5.91 Å². The van der Waals surface area contributed by atoms with Gasteiger partial charge in [-0.1, -0.05) is 38.0 Å². The zero-order valence-corrected chi connectivity index (χ0v) is 10.4. The van der Waals surface area contributed by atoms with Crippen LogP contribution >= 0.6 is 0 Å². The van der Waals surface area contributed by atoms with Gasteiger partial charge in [0.2, 0.25) is 0 Å². The van der Waals surface area contributed by atoms with Gasteiger partial charge in [0.05, 0.1) is 0 Å². The second-order valence-corrected chi connectivity index (χ2v) is 4.75. The summed E-state index contributed by atoms with van der Waals surface area (Å²) in [6, 6.07) is 7.91. The minimum atomic E-state index is 0.105. The fraction of sp³-hybridized carbons (Fsp3) is 0.500. The summed E-state index contributed by atoms with van der Waals surface area (Å²) in [5.74, 6) is 0.132. The molecule has 0 fully saturated rings. The van der Waals surface area contributed by atoms with Crippen LogP contribution in [0.5, 0.6) is 0 Å². The van der Waals surface area contributed by atoms with E-state index in [4.69, 9.17) is 5.73 Å². The number of hydrogen-bond donors (Lipinski definition) is 1. The number of rotatable bonds is 5. The molecular formula is C14H20N2O. The van der Waals surface area contributed by atoms with Gasteiger partial charge in [-0.05, 0) is 18.1 Å². The molecule has 1 heterocycles. The summed E-state index contributed by atoms with van der Waals surface area (Å²) in [5, 5.41) is 0. The molecule has 2 N–H and O–H groups in total. The molecule has 0 saturated carbocycles. The standard InChI is InChI=1S/C14H20N2O/c1-2-3-7-12(15)10-16-9-11-6-4-5-8-13(11)14(16)17/h4-6,8,12H,2-3,7,9-10,15H2,1H3/t12-/m1/s1. The average molecular weight is 232 g/mol. The van der Waals surface area contributed by atoms with E-state index in [0.717, 1.165) is 36.9 Å². The molecule has 0 aliphatic carbocycles. The van der Waals surface area contributed by atoms with Crippen molar-refractivity contribution in [3.8, 4) is 0 Å². The van der Waals surface area contributed by atoms with Gasteiger partial charge in [-0.15, -0.1) is 0 Å². The quantitative estimate of drug-likeness (QED) is 0.845. The van der Waals surface area contributed by atoms with E-state index in [1.807, 2.05) is 29.2 Å². The van der Waals surface area contributed by atoms with E-state index < -0.39 is 0 Å². The molecule has 0 saturated heterocycles. The van der Waals surface area contributed by atoms with E-state index in [0.29, 0.717) is 6.54 Å². The maximum atomic E-state index is 12.1. The van der Waals surface area contributed by atoms with Gasteiger partial charge in [0, 0.05) is 24.7 Å². The minimum Gasteiger partial charge on any atom is -0.333 e. The predicted octanol–water partition coefficient (Wildman–Crippen LogP) is 2.16. The summed E-state index contributed by atoms with van der Waals surface area (Å²) in [6.45, 7) is 3.55. The van der Waals surface area contributed by atoms with Crippen LogP contribution in [0.2, 0.25) is 0 Å². The molecule has 1 aliphatic heterocycles. The molecule has 0 aromatic heterocycles. The topological polar surface area (TPSA) is 46.3 Å². The lowest BCUT2D eigenvalue weighted by Gasteiger charge is -2.20. The Kier molecular flexibility index (Phi) is 3.79. The Morgan fingerprint density at radius 1 is 1.41 bits per heavy atom. The third-order valence-corrected chi connectivity index (χ3v) is 3.28. The molecule has 0 unspecified atom stereocenters. The van der Waals surface area contributed by atoms with Crippen molar-refractivity contribution in [2.45, 2.75) is 38.8 Å². The molecule has 1 aromatic carbocycles. The summed E-state index contributed by atoms with van der Waals surface area (Å²) >= 11 is 0. The molecule has 0 spiro atoms. The van der Waals surface area contributed by atoms with Crippen molar-refractivity contribution in [3.05, 3.63) is 35.4 Å². The van der Waals surface area contributed by atoms with Crippen LogP contribution in [-0.4, -0.2) is 23.4 Å². The minimum absolute atomic E-state index is 0.105. The smallest absolute Gasteiger partial charge is 0.254 e. The largest absolute Gasteiger partial charge is 0.333 e. The van der Waals surface area contributed by atoms with Gasteiger partial charge in [-0.2, -0.15) is 0 Å². The first-order valence-corrected chi connectivity index (χ1v) is 6.35. The van der Waals surface area contributed by atoms with Gasteiger partial charge in [0.25, 0.3) is 5.91 Å². The van der Waals surface area contributed by atoms with Crippen molar-refractivity contribution in [2.75, 3.05) is 6.54 Å². The molecule has 1 atom stereocenters. The Labute approximate surface area is 103 Å². The first kappa shape index (κ1) is 12.1. The molecule has 1 amide bonds. The van der Waals surface area contributed by atoms with Crippen LogP contribution in [0, 0.1) is 0 Å². The number of unbranched alkanes of at least 4 members (excludes halogenated alkanes) is 1. The maximum absolute atomic E-state index is 12.1. The fourth-order valence-electron chi connectivity index (χ4n) is 2.30. The van der Waals surface area contributed by atoms with Crippen molar-refractivity contribution < 1.29 is 4.79 Å². The van der Waals surface area contributed by atoms with Crippen LogP contribution in [0.25, 0.3) is 0 Å². The highest BCUT2D eigenvalue weighted by Gasteiger charge is 2.27. The number of nitrogens with zero attached hydrogens (tertiary/aromatic N) is 1. The van der Waals surface area contributed by atoms with Crippen LogP contribution in [-0.2, 0) is 6.54 Å². The molecule has 3 heteroatoms. The molecule has 2 rings (SSSR count). The van der Waals surface area contributed by atoms with E-state index in [-0.39, 0.29) is 11.9 Å². The lowest BCUT2D eigenvalue weighted by molar-refractivity contribution is 0.0767. The first-order valence-electron chi connectivity index (χ1n) is 6.35. The van der Waals surface area contributed by atoms with Crippen LogP contribution in [0.15, 0.2) is 24.3 Å². The Hall–Kier alpha value is -1.35. The van der Waals surface area contributed by atoms with Crippen molar-refractivity contribution in [3.63, 3.8) is 0 Å². The number of benzene rings is 1. The molecule has 3 nitrogen and oxygen atoms in total. The summed E-state index contributed by atoms with van der Waals surface area (Å²) in [7, 11) is 0. The number of carbonyl (C=O) groups excluding carboxylic acids is 1. The van der Waals surface area contributed by atoms with Gasteiger partial charge in [-0.3, -0.25) is 4.79 Å². The van der Waals surface area contributed by atoms with Gasteiger partial charge in [0.15, 0.2) is 0 Å².